The van der Waals surface area contributed by atoms with Gasteiger partial charge in [0.1, 0.15) is 13.2 Å². The lowest BCUT2D eigenvalue weighted by Gasteiger charge is -2.18. The van der Waals surface area contributed by atoms with Crippen LogP contribution in [0.5, 0.6) is 0 Å². The smallest absolute Gasteiger partial charge is 0.306 e. The molecule has 0 aliphatic carbocycles. The van der Waals surface area contributed by atoms with Crippen molar-refractivity contribution in [3.63, 3.8) is 0 Å². The molecule has 0 rings (SSSR count). The first kappa shape index (κ1) is 78.1. The summed E-state index contributed by atoms with van der Waals surface area (Å²) < 4.78 is 17.0. The molecule has 0 aliphatic heterocycles. The fourth-order valence-electron chi connectivity index (χ4n) is 10.7. The standard InChI is InChI=1S/C75H136O6/c1-4-7-10-13-16-19-22-25-28-31-34-36-37-38-39-40-42-44-47-50-53-56-59-62-65-68-74(77)80-71-72(70-79-73(76)67-64-61-58-55-52-49-46-43-33-30-27-24-21-18-15-12-9-6-3)81-75(78)69-66-63-60-57-54-51-48-45-41-35-32-29-26-23-20-17-14-11-8-5-2/h7,10,16,19,25,28,34,36,38-39,72H,4-6,8-9,11-15,17-18,20-24,26-27,29-33,35,37,40-71H2,1-3H3/b10-7-,19-16-,28-25-,36-34-,39-38-. The highest BCUT2D eigenvalue weighted by molar-refractivity contribution is 5.71. The monoisotopic (exact) mass is 1130 g/mol. The van der Waals surface area contributed by atoms with Gasteiger partial charge in [0.05, 0.1) is 0 Å². The number of allylic oxidation sites excluding steroid dienone is 10. The molecule has 0 aromatic rings. The maximum atomic E-state index is 13.0. The molecule has 6 nitrogen and oxygen atoms in total. The van der Waals surface area contributed by atoms with E-state index in [1.807, 2.05) is 0 Å². The van der Waals surface area contributed by atoms with Gasteiger partial charge in [-0.1, -0.05) is 358 Å². The molecule has 1 atom stereocenters. The van der Waals surface area contributed by atoms with E-state index in [4.69, 9.17) is 14.2 Å². The van der Waals surface area contributed by atoms with E-state index in [1.54, 1.807) is 0 Å². The van der Waals surface area contributed by atoms with Crippen molar-refractivity contribution < 1.29 is 28.6 Å². The average molecular weight is 1130 g/mol. The van der Waals surface area contributed by atoms with Gasteiger partial charge in [-0.05, 0) is 64.2 Å². The van der Waals surface area contributed by atoms with Crippen molar-refractivity contribution in [1.29, 1.82) is 0 Å². The zero-order chi connectivity index (χ0) is 58.5. The van der Waals surface area contributed by atoms with Crippen LogP contribution >= 0.6 is 0 Å². The quantitative estimate of drug-likeness (QED) is 0.0261. The Kier molecular flexibility index (Phi) is 67.1. The fourth-order valence-corrected chi connectivity index (χ4v) is 10.7. The molecule has 0 spiro atoms. The summed E-state index contributed by atoms with van der Waals surface area (Å²) in [6.45, 7) is 6.60. The summed E-state index contributed by atoms with van der Waals surface area (Å²) in [5, 5.41) is 0. The van der Waals surface area contributed by atoms with E-state index in [2.05, 4.69) is 81.5 Å². The minimum absolute atomic E-state index is 0.0699. The number of carbonyl (C=O) groups excluding carboxylic acids is 3. The molecular formula is C75H136O6. The summed E-state index contributed by atoms with van der Waals surface area (Å²) in [7, 11) is 0. The van der Waals surface area contributed by atoms with Gasteiger partial charge in [0.2, 0.25) is 0 Å². The van der Waals surface area contributed by atoms with Crippen molar-refractivity contribution in [2.75, 3.05) is 13.2 Å². The predicted molar refractivity (Wildman–Crippen MR) is 353 cm³/mol. The molecule has 0 aromatic carbocycles. The van der Waals surface area contributed by atoms with Crippen LogP contribution in [0.15, 0.2) is 60.8 Å². The Hall–Kier alpha value is -2.89. The number of ether oxygens (including phenoxy) is 3. The highest BCUT2D eigenvalue weighted by atomic mass is 16.6. The number of hydrogen-bond donors (Lipinski definition) is 0. The molecule has 0 saturated heterocycles. The topological polar surface area (TPSA) is 78.9 Å². The van der Waals surface area contributed by atoms with Gasteiger partial charge in [0, 0.05) is 19.3 Å². The fraction of sp³-hybridized carbons (Fsp3) is 0.827. The number of unbranched alkanes of at least 4 members (excludes halogenated alkanes) is 45. The second-order valence-corrected chi connectivity index (χ2v) is 24.1. The van der Waals surface area contributed by atoms with Crippen LogP contribution in [-0.2, 0) is 28.6 Å². The lowest BCUT2D eigenvalue weighted by molar-refractivity contribution is -0.167. The van der Waals surface area contributed by atoms with Crippen LogP contribution in [0.1, 0.15) is 380 Å². The Labute approximate surface area is 504 Å². The van der Waals surface area contributed by atoms with Crippen molar-refractivity contribution in [1.82, 2.24) is 0 Å². The Bertz CT molecular complexity index is 1440. The lowest BCUT2D eigenvalue weighted by atomic mass is 10.0. The molecule has 0 heterocycles. The first-order chi connectivity index (χ1) is 40.0. The number of carbonyl (C=O) groups is 3. The Morgan fingerprint density at radius 3 is 0.753 bits per heavy atom. The third-order valence-electron chi connectivity index (χ3n) is 16.0. The SMILES string of the molecule is CC/C=C\C/C=C\C/C=C\C/C=C\C/C=C\CCCCCCCCCCCC(=O)OCC(COC(=O)CCCCCCCCCCCCCCCCCCCC)OC(=O)CCCCCCCCCCCCCCCCCCCCCC. The summed E-state index contributed by atoms with van der Waals surface area (Å²) in [6.07, 6.45) is 89.5. The molecule has 1 unspecified atom stereocenters. The number of esters is 3. The van der Waals surface area contributed by atoms with Gasteiger partial charge in [-0.25, -0.2) is 0 Å². The Morgan fingerprint density at radius 1 is 0.259 bits per heavy atom. The Morgan fingerprint density at radius 2 is 0.481 bits per heavy atom. The van der Waals surface area contributed by atoms with Gasteiger partial charge in [0.25, 0.3) is 0 Å². The first-order valence-corrected chi connectivity index (χ1v) is 35.8. The molecular weight excluding hydrogens is 997 g/mol. The van der Waals surface area contributed by atoms with Crippen LogP contribution in [0.2, 0.25) is 0 Å². The molecule has 0 fully saturated rings. The highest BCUT2D eigenvalue weighted by Gasteiger charge is 2.19. The van der Waals surface area contributed by atoms with Crippen LogP contribution in [-0.4, -0.2) is 37.2 Å². The molecule has 0 N–H and O–H groups in total. The van der Waals surface area contributed by atoms with Crippen LogP contribution < -0.4 is 0 Å². The molecule has 0 radical (unpaired) electrons. The van der Waals surface area contributed by atoms with E-state index in [0.717, 1.165) is 96.3 Å². The van der Waals surface area contributed by atoms with E-state index < -0.39 is 6.10 Å². The second-order valence-electron chi connectivity index (χ2n) is 24.1. The van der Waals surface area contributed by atoms with Gasteiger partial charge in [0.15, 0.2) is 6.10 Å². The summed E-state index contributed by atoms with van der Waals surface area (Å²) in [5.74, 6) is -0.847. The molecule has 0 aliphatic rings. The second kappa shape index (κ2) is 69.6. The van der Waals surface area contributed by atoms with Gasteiger partial charge in [-0.3, -0.25) is 14.4 Å². The van der Waals surface area contributed by atoms with Gasteiger partial charge in [-0.15, -0.1) is 0 Å². The molecule has 0 bridgehead atoms. The number of hydrogen-bond acceptors (Lipinski definition) is 6. The van der Waals surface area contributed by atoms with Gasteiger partial charge in [-0.2, -0.15) is 0 Å². The van der Waals surface area contributed by atoms with Crippen molar-refractivity contribution >= 4 is 17.9 Å². The molecule has 6 heteroatoms. The minimum atomic E-state index is -0.775. The highest BCUT2D eigenvalue weighted by Crippen LogP contribution is 2.19. The average Bonchev–Trinajstić information content (AvgIpc) is 3.47. The maximum Gasteiger partial charge on any atom is 0.306 e. The van der Waals surface area contributed by atoms with Crippen LogP contribution in [0.4, 0.5) is 0 Å². The molecule has 472 valence electrons. The largest absolute Gasteiger partial charge is 0.462 e. The van der Waals surface area contributed by atoms with Crippen molar-refractivity contribution in [2.45, 2.75) is 386 Å². The van der Waals surface area contributed by atoms with Crippen molar-refractivity contribution in [2.24, 2.45) is 0 Å². The van der Waals surface area contributed by atoms with E-state index >= 15 is 0 Å². The molecule has 0 amide bonds. The van der Waals surface area contributed by atoms with Crippen LogP contribution in [0.3, 0.4) is 0 Å². The maximum absolute atomic E-state index is 13.0. The van der Waals surface area contributed by atoms with Crippen molar-refractivity contribution in [3.8, 4) is 0 Å². The summed E-state index contributed by atoms with van der Waals surface area (Å²) in [4.78, 5) is 38.5. The summed E-state index contributed by atoms with van der Waals surface area (Å²) in [5.41, 5.74) is 0. The molecule has 0 aromatic heterocycles. The van der Waals surface area contributed by atoms with E-state index in [-0.39, 0.29) is 31.1 Å². The van der Waals surface area contributed by atoms with Gasteiger partial charge < -0.3 is 14.2 Å². The Balaban J connectivity index is 4.33. The van der Waals surface area contributed by atoms with E-state index in [9.17, 15) is 14.4 Å². The van der Waals surface area contributed by atoms with Crippen LogP contribution in [0, 0.1) is 0 Å². The zero-order valence-corrected chi connectivity index (χ0v) is 54.3. The third kappa shape index (κ3) is 67.8. The minimum Gasteiger partial charge on any atom is -0.462 e. The summed E-state index contributed by atoms with van der Waals surface area (Å²) in [6, 6.07) is 0. The van der Waals surface area contributed by atoms with E-state index in [1.165, 1.54) is 244 Å². The van der Waals surface area contributed by atoms with Crippen LogP contribution in [0.25, 0.3) is 0 Å². The lowest BCUT2D eigenvalue weighted by Crippen LogP contribution is -2.30. The third-order valence-corrected chi connectivity index (χ3v) is 16.0. The van der Waals surface area contributed by atoms with Gasteiger partial charge >= 0.3 is 17.9 Å². The summed E-state index contributed by atoms with van der Waals surface area (Å²) >= 11 is 0. The molecule has 81 heavy (non-hydrogen) atoms. The van der Waals surface area contributed by atoms with Crippen molar-refractivity contribution in [3.05, 3.63) is 60.8 Å². The first-order valence-electron chi connectivity index (χ1n) is 35.8. The normalized spacial score (nSPS) is 12.4. The molecule has 0 saturated carbocycles. The van der Waals surface area contributed by atoms with E-state index in [0.29, 0.717) is 19.3 Å². The zero-order valence-electron chi connectivity index (χ0n) is 54.3. The predicted octanol–water partition coefficient (Wildman–Crippen LogP) is 24.7. The number of rotatable bonds is 66.